The van der Waals surface area contributed by atoms with E-state index in [4.69, 9.17) is 0 Å². The Bertz CT molecular complexity index is 857. The maximum atomic E-state index is 13.3. The third-order valence-electron chi connectivity index (χ3n) is 3.70. The van der Waals surface area contributed by atoms with Crippen LogP contribution in [0, 0.1) is 5.82 Å². The highest BCUT2D eigenvalue weighted by molar-refractivity contribution is 7.23. The first kappa shape index (κ1) is 12.7. The average Bonchev–Trinajstić information content (AvgIpc) is 2.78. The van der Waals surface area contributed by atoms with E-state index < -0.39 is 0 Å². The summed E-state index contributed by atoms with van der Waals surface area (Å²) >= 11 is 1.42. The molecule has 21 heavy (non-hydrogen) atoms. The van der Waals surface area contributed by atoms with Crippen molar-refractivity contribution in [3.63, 3.8) is 0 Å². The number of aromatic nitrogens is 1. The van der Waals surface area contributed by atoms with Gasteiger partial charge in [-0.1, -0.05) is 17.4 Å². The van der Waals surface area contributed by atoms with Gasteiger partial charge in [0.15, 0.2) is 5.13 Å². The van der Waals surface area contributed by atoms with Crippen LogP contribution >= 0.6 is 11.3 Å². The minimum absolute atomic E-state index is 0.0457. The molecule has 1 fully saturated rings. The summed E-state index contributed by atoms with van der Waals surface area (Å²) in [5.41, 5.74) is 0.816. The van der Waals surface area contributed by atoms with E-state index in [2.05, 4.69) is 15.6 Å². The Kier molecular flexibility index (Phi) is 2.87. The Morgan fingerprint density at radius 2 is 2.24 bits per heavy atom. The van der Waals surface area contributed by atoms with E-state index in [0.29, 0.717) is 5.13 Å². The van der Waals surface area contributed by atoms with Crippen LogP contribution in [0.1, 0.15) is 6.42 Å². The molecular formula is C15H12FN3OS. The van der Waals surface area contributed by atoms with Gasteiger partial charge in [0.25, 0.3) is 0 Å². The Morgan fingerprint density at radius 3 is 3.00 bits per heavy atom. The quantitative estimate of drug-likeness (QED) is 0.765. The van der Waals surface area contributed by atoms with E-state index in [1.807, 2.05) is 12.1 Å². The van der Waals surface area contributed by atoms with Crippen LogP contribution in [0.25, 0.3) is 21.0 Å². The smallest absolute Gasteiger partial charge is 0.243 e. The van der Waals surface area contributed by atoms with Crippen LogP contribution < -0.4 is 10.6 Å². The van der Waals surface area contributed by atoms with Crippen LogP contribution in [0.2, 0.25) is 0 Å². The fourth-order valence-corrected chi connectivity index (χ4v) is 3.45. The van der Waals surface area contributed by atoms with Gasteiger partial charge < -0.3 is 10.6 Å². The minimum atomic E-state index is -0.254. The Hall–Kier alpha value is -2.05. The second-order valence-corrected chi connectivity index (χ2v) is 6.08. The molecule has 2 heterocycles. The Morgan fingerprint density at radius 1 is 1.38 bits per heavy atom. The first-order valence-electron chi connectivity index (χ1n) is 6.74. The second-order valence-electron chi connectivity index (χ2n) is 5.08. The third-order valence-corrected chi connectivity index (χ3v) is 4.72. The number of halogens is 1. The number of anilines is 1. The van der Waals surface area contributed by atoms with Crippen molar-refractivity contribution in [3.05, 3.63) is 36.1 Å². The maximum Gasteiger partial charge on any atom is 0.243 e. The molecule has 4 rings (SSSR count). The van der Waals surface area contributed by atoms with Crippen LogP contribution in [-0.4, -0.2) is 23.5 Å². The summed E-state index contributed by atoms with van der Waals surface area (Å²) in [6, 6.07) is 8.29. The molecule has 0 unspecified atom stereocenters. The standard InChI is InChI=1S/C15H12FN3OS/c16-9-2-3-10-8(7-9)1-4-11-13(10)21-15(18-11)19-14(20)12-5-6-17-12/h1-4,7,12,17H,5-6H2,(H,18,19,20)/t12-/m0/s1. The molecule has 1 aromatic heterocycles. The molecule has 0 saturated carbocycles. The van der Waals surface area contributed by atoms with Crippen LogP contribution in [0.3, 0.4) is 0 Å². The lowest BCUT2D eigenvalue weighted by Gasteiger charge is -2.25. The minimum Gasteiger partial charge on any atom is -0.306 e. The van der Waals surface area contributed by atoms with Gasteiger partial charge in [-0.25, -0.2) is 9.37 Å². The van der Waals surface area contributed by atoms with Crippen molar-refractivity contribution in [1.29, 1.82) is 0 Å². The highest BCUT2D eigenvalue weighted by Gasteiger charge is 2.25. The zero-order chi connectivity index (χ0) is 14.4. The predicted molar refractivity (Wildman–Crippen MR) is 82.1 cm³/mol. The average molecular weight is 301 g/mol. The second kappa shape index (κ2) is 4.75. The van der Waals surface area contributed by atoms with Gasteiger partial charge in [-0.05, 0) is 42.6 Å². The van der Waals surface area contributed by atoms with Gasteiger partial charge in [0.1, 0.15) is 5.82 Å². The number of rotatable bonds is 2. The van der Waals surface area contributed by atoms with Gasteiger partial charge in [-0.3, -0.25) is 4.79 Å². The lowest BCUT2D eigenvalue weighted by atomic mass is 10.1. The molecule has 1 aliphatic rings. The predicted octanol–water partition coefficient (Wildman–Crippen LogP) is 2.89. The molecule has 1 aliphatic heterocycles. The number of nitrogens with one attached hydrogen (secondary N) is 2. The van der Waals surface area contributed by atoms with Crippen molar-refractivity contribution in [2.45, 2.75) is 12.5 Å². The van der Waals surface area contributed by atoms with E-state index in [0.717, 1.165) is 34.0 Å². The molecule has 0 spiro atoms. The number of fused-ring (bicyclic) bond motifs is 3. The highest BCUT2D eigenvalue weighted by Crippen LogP contribution is 2.33. The highest BCUT2D eigenvalue weighted by atomic mass is 32.1. The maximum absolute atomic E-state index is 13.3. The molecule has 3 aromatic rings. The van der Waals surface area contributed by atoms with Crippen LogP contribution in [0.15, 0.2) is 30.3 Å². The van der Waals surface area contributed by atoms with Crippen molar-refractivity contribution in [2.24, 2.45) is 0 Å². The fraction of sp³-hybridized carbons (Fsp3) is 0.200. The summed E-state index contributed by atoms with van der Waals surface area (Å²) in [6.45, 7) is 0.883. The summed E-state index contributed by atoms with van der Waals surface area (Å²) in [7, 11) is 0. The lowest BCUT2D eigenvalue weighted by molar-refractivity contribution is -0.119. The van der Waals surface area contributed by atoms with E-state index in [9.17, 15) is 9.18 Å². The van der Waals surface area contributed by atoms with Crippen LogP contribution in [0.5, 0.6) is 0 Å². The number of carbonyl (C=O) groups is 1. The molecule has 6 heteroatoms. The fourth-order valence-electron chi connectivity index (χ4n) is 2.44. The monoisotopic (exact) mass is 301 g/mol. The number of hydrogen-bond acceptors (Lipinski definition) is 4. The molecule has 0 bridgehead atoms. The molecular weight excluding hydrogens is 289 g/mol. The zero-order valence-electron chi connectivity index (χ0n) is 11.0. The molecule has 1 saturated heterocycles. The first-order valence-corrected chi connectivity index (χ1v) is 7.55. The number of amides is 1. The van der Waals surface area contributed by atoms with Gasteiger partial charge in [-0.15, -0.1) is 0 Å². The first-order chi connectivity index (χ1) is 10.2. The Labute approximate surface area is 124 Å². The van der Waals surface area contributed by atoms with Crippen molar-refractivity contribution < 1.29 is 9.18 Å². The van der Waals surface area contributed by atoms with Crippen LogP contribution in [0.4, 0.5) is 9.52 Å². The van der Waals surface area contributed by atoms with E-state index in [-0.39, 0.29) is 17.8 Å². The van der Waals surface area contributed by atoms with Crippen LogP contribution in [-0.2, 0) is 4.79 Å². The summed E-state index contributed by atoms with van der Waals surface area (Å²) in [4.78, 5) is 16.4. The summed E-state index contributed by atoms with van der Waals surface area (Å²) in [5, 5.41) is 8.27. The van der Waals surface area contributed by atoms with Crippen molar-refractivity contribution in [1.82, 2.24) is 10.3 Å². The van der Waals surface area contributed by atoms with Crippen molar-refractivity contribution in [3.8, 4) is 0 Å². The van der Waals surface area contributed by atoms with E-state index >= 15 is 0 Å². The SMILES string of the molecule is O=C(Nc1nc2ccc3cc(F)ccc3c2s1)[C@@H]1CCN1. The number of benzene rings is 2. The number of hydrogen-bond donors (Lipinski definition) is 2. The van der Waals surface area contributed by atoms with Gasteiger partial charge >= 0.3 is 0 Å². The molecule has 106 valence electrons. The topological polar surface area (TPSA) is 54.0 Å². The van der Waals surface area contributed by atoms with E-state index in [1.165, 1.54) is 23.5 Å². The number of thiazole rings is 1. The number of nitrogens with zero attached hydrogens (tertiary/aromatic N) is 1. The molecule has 0 aliphatic carbocycles. The zero-order valence-corrected chi connectivity index (χ0v) is 11.8. The summed E-state index contributed by atoms with van der Waals surface area (Å²) in [5.74, 6) is -0.299. The van der Waals surface area contributed by atoms with Gasteiger partial charge in [0.2, 0.25) is 5.91 Å². The molecule has 1 atom stereocenters. The van der Waals surface area contributed by atoms with Gasteiger partial charge in [0.05, 0.1) is 16.3 Å². The molecule has 0 radical (unpaired) electrons. The van der Waals surface area contributed by atoms with Crippen molar-refractivity contribution >= 4 is 43.4 Å². The van der Waals surface area contributed by atoms with E-state index in [1.54, 1.807) is 6.07 Å². The third kappa shape index (κ3) is 2.16. The normalized spacial score (nSPS) is 17.9. The molecule has 4 nitrogen and oxygen atoms in total. The Balaban J connectivity index is 1.74. The lowest BCUT2D eigenvalue weighted by Crippen LogP contribution is -2.50. The van der Waals surface area contributed by atoms with Crippen molar-refractivity contribution in [2.75, 3.05) is 11.9 Å². The molecule has 1 amide bonds. The molecule has 2 N–H and O–H groups in total. The molecule has 2 aromatic carbocycles. The van der Waals surface area contributed by atoms with Gasteiger partial charge in [-0.2, -0.15) is 0 Å². The summed E-state index contributed by atoms with van der Waals surface area (Å²) in [6.07, 6.45) is 0.860. The number of carbonyl (C=O) groups excluding carboxylic acids is 1. The van der Waals surface area contributed by atoms with Gasteiger partial charge in [0, 0.05) is 5.39 Å². The largest absolute Gasteiger partial charge is 0.306 e. The summed E-state index contributed by atoms with van der Waals surface area (Å²) < 4.78 is 14.2.